The third-order valence-electron chi connectivity index (χ3n) is 4.56. The number of fused-ring (bicyclic) bond motifs is 1. The number of sulfone groups is 1. The highest BCUT2D eigenvalue weighted by atomic mass is 32.2. The second-order valence-electron chi connectivity index (χ2n) is 6.65. The molecule has 0 saturated heterocycles. The minimum Gasteiger partial charge on any atom is -0.326 e. The van der Waals surface area contributed by atoms with Crippen LogP contribution in [0, 0.1) is 0 Å². The van der Waals surface area contributed by atoms with Crippen molar-refractivity contribution in [2.45, 2.75) is 41.7 Å². The number of nitrogens with one attached hydrogen (secondary N) is 2. The summed E-state index contributed by atoms with van der Waals surface area (Å²) >= 11 is 1.30. The van der Waals surface area contributed by atoms with Crippen LogP contribution in [-0.2, 0) is 25.8 Å². The first-order valence-corrected chi connectivity index (χ1v) is 11.5. The average molecular weight is 419 g/mol. The van der Waals surface area contributed by atoms with Gasteiger partial charge in [0.1, 0.15) is 0 Å². The summed E-state index contributed by atoms with van der Waals surface area (Å²) in [4.78, 5) is 24.6. The summed E-state index contributed by atoms with van der Waals surface area (Å²) in [6.07, 6.45) is 0.769. The van der Waals surface area contributed by atoms with Crippen LogP contribution in [0.25, 0.3) is 0 Å². The van der Waals surface area contributed by atoms with Crippen molar-refractivity contribution in [3.05, 3.63) is 48.0 Å². The van der Waals surface area contributed by atoms with Crippen molar-refractivity contribution in [3.63, 3.8) is 0 Å². The van der Waals surface area contributed by atoms with E-state index in [1.54, 1.807) is 12.1 Å². The summed E-state index contributed by atoms with van der Waals surface area (Å²) in [6, 6.07) is 12.1. The molecule has 2 amide bonds. The quantitative estimate of drug-likeness (QED) is 0.749. The highest BCUT2D eigenvalue weighted by molar-refractivity contribution is 8.00. The van der Waals surface area contributed by atoms with Gasteiger partial charge in [-0.05, 0) is 49.2 Å². The number of anilines is 2. The van der Waals surface area contributed by atoms with Crippen LogP contribution in [0.1, 0.15) is 25.8 Å². The molecule has 6 nitrogen and oxygen atoms in total. The highest BCUT2D eigenvalue weighted by Gasteiger charge is 2.27. The van der Waals surface area contributed by atoms with E-state index in [1.165, 1.54) is 24.8 Å². The van der Waals surface area contributed by atoms with E-state index in [2.05, 4.69) is 10.6 Å². The molecular formula is C20H22N2O4S2. The van der Waals surface area contributed by atoms with E-state index in [9.17, 15) is 18.0 Å². The van der Waals surface area contributed by atoms with Crippen LogP contribution in [0.2, 0.25) is 0 Å². The largest absolute Gasteiger partial charge is 0.326 e. The molecule has 0 bridgehead atoms. The Bertz CT molecular complexity index is 1000. The molecule has 0 spiro atoms. The zero-order chi connectivity index (χ0) is 20.3. The Morgan fingerprint density at radius 3 is 2.61 bits per heavy atom. The van der Waals surface area contributed by atoms with Crippen molar-refractivity contribution >= 4 is 44.8 Å². The molecule has 1 aliphatic heterocycles. The molecule has 1 heterocycles. The molecule has 8 heteroatoms. The molecule has 0 aliphatic carbocycles. The van der Waals surface area contributed by atoms with Gasteiger partial charge < -0.3 is 10.6 Å². The molecule has 3 rings (SSSR count). The van der Waals surface area contributed by atoms with Crippen LogP contribution in [0.5, 0.6) is 0 Å². The third-order valence-corrected chi connectivity index (χ3v) is 7.76. The number of hydrogen-bond acceptors (Lipinski definition) is 5. The van der Waals surface area contributed by atoms with Gasteiger partial charge in [0.25, 0.3) is 0 Å². The Morgan fingerprint density at radius 2 is 1.93 bits per heavy atom. The summed E-state index contributed by atoms with van der Waals surface area (Å²) < 4.78 is 25.8. The van der Waals surface area contributed by atoms with Gasteiger partial charge in [0.05, 0.1) is 21.6 Å². The molecule has 0 saturated carbocycles. The molecular weight excluding hydrogens is 396 g/mol. The maximum atomic E-state index is 12.9. The van der Waals surface area contributed by atoms with Gasteiger partial charge in [-0.25, -0.2) is 8.42 Å². The monoisotopic (exact) mass is 418 g/mol. The van der Waals surface area contributed by atoms with Gasteiger partial charge >= 0.3 is 0 Å². The molecule has 148 valence electrons. The SMILES string of the molecule is CCc1ccc(NC(=O)CC(C)S(=O)(=O)c2ccc3c(c2)SCC(=O)N3)cc1. The van der Waals surface area contributed by atoms with Gasteiger partial charge in [0.15, 0.2) is 9.84 Å². The number of carbonyl (C=O) groups is 2. The van der Waals surface area contributed by atoms with Crippen molar-refractivity contribution in [3.8, 4) is 0 Å². The standard InChI is InChI=1S/C20H22N2O4S2/c1-3-14-4-6-15(7-5-14)21-19(23)10-13(2)28(25,26)16-8-9-17-18(11-16)27-12-20(24)22-17/h4-9,11,13H,3,10,12H2,1-2H3,(H,21,23)(H,22,24). The Kier molecular flexibility index (Phi) is 6.10. The summed E-state index contributed by atoms with van der Waals surface area (Å²) in [5, 5.41) is 4.59. The molecule has 0 fully saturated rings. The predicted molar refractivity (Wildman–Crippen MR) is 112 cm³/mol. The minimum absolute atomic E-state index is 0.106. The van der Waals surface area contributed by atoms with Crippen LogP contribution in [0.15, 0.2) is 52.3 Å². The van der Waals surface area contributed by atoms with Crippen molar-refractivity contribution in [2.75, 3.05) is 16.4 Å². The van der Waals surface area contributed by atoms with Crippen LogP contribution in [0.3, 0.4) is 0 Å². The van der Waals surface area contributed by atoms with Crippen molar-refractivity contribution in [1.29, 1.82) is 0 Å². The zero-order valence-corrected chi connectivity index (χ0v) is 17.3. The van der Waals surface area contributed by atoms with E-state index < -0.39 is 15.1 Å². The normalized spacial score (nSPS) is 14.7. The molecule has 1 aliphatic rings. The zero-order valence-electron chi connectivity index (χ0n) is 15.7. The van der Waals surface area contributed by atoms with E-state index in [-0.39, 0.29) is 28.9 Å². The van der Waals surface area contributed by atoms with Crippen LogP contribution in [0.4, 0.5) is 11.4 Å². The fraction of sp³-hybridized carbons (Fsp3) is 0.300. The molecule has 1 unspecified atom stereocenters. The van der Waals surface area contributed by atoms with Gasteiger partial charge in [0.2, 0.25) is 11.8 Å². The summed E-state index contributed by atoms with van der Waals surface area (Å²) in [6.45, 7) is 3.58. The minimum atomic E-state index is -3.67. The van der Waals surface area contributed by atoms with Crippen molar-refractivity contribution in [2.24, 2.45) is 0 Å². The Morgan fingerprint density at radius 1 is 1.21 bits per heavy atom. The van der Waals surface area contributed by atoms with E-state index in [0.717, 1.165) is 12.0 Å². The first kappa shape index (κ1) is 20.4. The number of amides is 2. The summed E-state index contributed by atoms with van der Waals surface area (Å²) in [7, 11) is -3.67. The van der Waals surface area contributed by atoms with E-state index in [0.29, 0.717) is 16.3 Å². The van der Waals surface area contributed by atoms with E-state index in [1.807, 2.05) is 31.2 Å². The Labute approximate surface area is 169 Å². The molecule has 1 atom stereocenters. The second kappa shape index (κ2) is 8.36. The maximum absolute atomic E-state index is 12.9. The van der Waals surface area contributed by atoms with Gasteiger partial charge in [-0.15, -0.1) is 11.8 Å². The molecule has 28 heavy (non-hydrogen) atoms. The smallest absolute Gasteiger partial charge is 0.234 e. The number of hydrogen-bond donors (Lipinski definition) is 2. The highest BCUT2D eigenvalue weighted by Crippen LogP contribution is 2.34. The molecule has 2 aromatic carbocycles. The molecule has 0 radical (unpaired) electrons. The van der Waals surface area contributed by atoms with Gasteiger partial charge in [-0.2, -0.15) is 0 Å². The Balaban J connectivity index is 1.69. The van der Waals surface area contributed by atoms with Gasteiger partial charge in [-0.1, -0.05) is 19.1 Å². The second-order valence-corrected chi connectivity index (χ2v) is 10.0. The predicted octanol–water partition coefficient (Wildman–Crippen LogP) is 3.48. The first-order valence-electron chi connectivity index (χ1n) is 8.99. The van der Waals surface area contributed by atoms with Gasteiger partial charge in [0, 0.05) is 17.0 Å². The number of aryl methyl sites for hydroxylation is 1. The van der Waals surface area contributed by atoms with E-state index in [4.69, 9.17) is 0 Å². The summed E-state index contributed by atoms with van der Waals surface area (Å²) in [5.41, 5.74) is 2.42. The van der Waals surface area contributed by atoms with Gasteiger partial charge in [-0.3, -0.25) is 9.59 Å². The lowest BCUT2D eigenvalue weighted by Crippen LogP contribution is -2.25. The maximum Gasteiger partial charge on any atom is 0.234 e. The molecule has 2 aromatic rings. The van der Waals surface area contributed by atoms with Crippen molar-refractivity contribution in [1.82, 2.24) is 0 Å². The molecule has 2 N–H and O–H groups in total. The van der Waals surface area contributed by atoms with Crippen molar-refractivity contribution < 1.29 is 18.0 Å². The molecule has 0 aromatic heterocycles. The van der Waals surface area contributed by atoms with Crippen LogP contribution in [-0.4, -0.2) is 31.2 Å². The lowest BCUT2D eigenvalue weighted by atomic mass is 10.1. The number of carbonyl (C=O) groups excluding carboxylic acids is 2. The number of benzene rings is 2. The first-order chi connectivity index (χ1) is 13.3. The fourth-order valence-electron chi connectivity index (χ4n) is 2.87. The van der Waals surface area contributed by atoms with Crippen LogP contribution < -0.4 is 10.6 Å². The topological polar surface area (TPSA) is 92.3 Å². The lowest BCUT2D eigenvalue weighted by Gasteiger charge is -2.18. The Hall–Kier alpha value is -2.32. The average Bonchev–Trinajstić information content (AvgIpc) is 2.67. The third kappa shape index (κ3) is 4.56. The summed E-state index contributed by atoms with van der Waals surface area (Å²) in [5.74, 6) is -0.198. The fourth-order valence-corrected chi connectivity index (χ4v) is 5.16. The number of rotatable bonds is 6. The van der Waals surface area contributed by atoms with Crippen LogP contribution >= 0.6 is 11.8 Å². The lowest BCUT2D eigenvalue weighted by molar-refractivity contribution is -0.116. The number of thioether (sulfide) groups is 1. The van der Waals surface area contributed by atoms with E-state index >= 15 is 0 Å².